The van der Waals surface area contributed by atoms with E-state index >= 15 is 0 Å². The van der Waals surface area contributed by atoms with Gasteiger partial charge in [-0.15, -0.1) is 0 Å². The minimum absolute atomic E-state index is 0.0458. The highest BCUT2D eigenvalue weighted by Crippen LogP contribution is 2.29. The van der Waals surface area contributed by atoms with Crippen molar-refractivity contribution in [1.29, 1.82) is 0 Å². The molecule has 0 radical (unpaired) electrons. The Hall–Kier alpha value is -1.40. The lowest BCUT2D eigenvalue weighted by atomic mass is 10.1. The van der Waals surface area contributed by atoms with Gasteiger partial charge in [0.25, 0.3) is 5.69 Å². The first-order valence-corrected chi connectivity index (χ1v) is 6.68. The Labute approximate surface area is 116 Å². The van der Waals surface area contributed by atoms with Crippen LogP contribution in [-0.2, 0) is 0 Å². The molecular formula is C12H16ClN3O3. The van der Waals surface area contributed by atoms with E-state index in [4.69, 9.17) is 22.1 Å². The molecule has 1 aromatic heterocycles. The van der Waals surface area contributed by atoms with Crippen LogP contribution >= 0.6 is 11.6 Å². The quantitative estimate of drug-likeness (QED) is 0.524. The summed E-state index contributed by atoms with van der Waals surface area (Å²) in [6.45, 7) is 0. The zero-order valence-corrected chi connectivity index (χ0v) is 11.2. The molecule has 2 rings (SSSR count). The smallest absolute Gasteiger partial charge is 0.289 e. The van der Waals surface area contributed by atoms with Gasteiger partial charge in [0.05, 0.1) is 4.92 Å². The van der Waals surface area contributed by atoms with Gasteiger partial charge in [0.2, 0.25) is 5.88 Å². The first-order valence-electron chi connectivity index (χ1n) is 6.30. The van der Waals surface area contributed by atoms with E-state index in [0.717, 1.165) is 38.3 Å². The standard InChI is InChI=1S/C12H16ClN3O3/c13-9-6-8(16(17)18)7-15-12(9)19-11-5-3-1-2-4-10(11)14/h6-7,10-11H,1-5,14H2. The third kappa shape index (κ3) is 3.54. The van der Waals surface area contributed by atoms with Crippen LogP contribution in [0.3, 0.4) is 0 Å². The van der Waals surface area contributed by atoms with Gasteiger partial charge in [0.1, 0.15) is 17.3 Å². The SMILES string of the molecule is NC1CCCCCC1Oc1ncc([N+](=O)[O-])cc1Cl. The lowest BCUT2D eigenvalue weighted by Gasteiger charge is -2.22. The second-order valence-corrected chi connectivity index (χ2v) is 5.10. The van der Waals surface area contributed by atoms with E-state index in [0.29, 0.717) is 0 Å². The average Bonchev–Trinajstić information content (AvgIpc) is 2.57. The second kappa shape index (κ2) is 6.16. The highest BCUT2D eigenvalue weighted by atomic mass is 35.5. The van der Waals surface area contributed by atoms with Crippen LogP contribution in [0.4, 0.5) is 5.69 Å². The number of pyridine rings is 1. The molecule has 2 atom stereocenters. The average molecular weight is 286 g/mol. The van der Waals surface area contributed by atoms with Crippen molar-refractivity contribution in [3.63, 3.8) is 0 Å². The Balaban J connectivity index is 2.11. The Kier molecular flexibility index (Phi) is 4.55. The van der Waals surface area contributed by atoms with Gasteiger partial charge in [0, 0.05) is 12.1 Å². The third-order valence-electron chi connectivity index (χ3n) is 3.27. The van der Waals surface area contributed by atoms with Crippen LogP contribution in [0, 0.1) is 10.1 Å². The summed E-state index contributed by atoms with van der Waals surface area (Å²) in [5.41, 5.74) is 5.90. The Morgan fingerprint density at radius 1 is 1.42 bits per heavy atom. The lowest BCUT2D eigenvalue weighted by molar-refractivity contribution is -0.385. The number of rotatable bonds is 3. The molecule has 104 valence electrons. The van der Waals surface area contributed by atoms with Gasteiger partial charge in [-0.3, -0.25) is 10.1 Å². The molecule has 2 unspecified atom stereocenters. The van der Waals surface area contributed by atoms with Gasteiger partial charge in [-0.05, 0) is 19.3 Å². The number of nitrogens with zero attached hydrogens (tertiary/aromatic N) is 2. The first kappa shape index (κ1) is 14.0. The highest BCUT2D eigenvalue weighted by Gasteiger charge is 2.24. The Morgan fingerprint density at radius 3 is 2.84 bits per heavy atom. The minimum atomic E-state index is -0.542. The van der Waals surface area contributed by atoms with E-state index in [1.165, 1.54) is 6.07 Å². The van der Waals surface area contributed by atoms with E-state index in [1.54, 1.807) is 0 Å². The molecule has 0 saturated heterocycles. The van der Waals surface area contributed by atoms with Crippen LogP contribution in [0.1, 0.15) is 32.1 Å². The number of nitrogens with two attached hydrogens (primary N) is 1. The predicted octanol–water partition coefficient (Wildman–Crippen LogP) is 2.68. The molecule has 7 heteroatoms. The number of hydrogen-bond donors (Lipinski definition) is 1. The van der Waals surface area contributed by atoms with Crippen molar-refractivity contribution in [3.05, 3.63) is 27.4 Å². The lowest BCUT2D eigenvalue weighted by Crippen LogP contribution is -2.38. The highest BCUT2D eigenvalue weighted by molar-refractivity contribution is 6.32. The number of halogens is 1. The molecular weight excluding hydrogens is 270 g/mol. The Bertz CT molecular complexity index is 470. The molecule has 1 saturated carbocycles. The maximum Gasteiger partial charge on any atom is 0.289 e. The van der Waals surface area contributed by atoms with E-state index in [9.17, 15) is 10.1 Å². The van der Waals surface area contributed by atoms with E-state index < -0.39 is 4.92 Å². The first-order chi connectivity index (χ1) is 9.08. The number of hydrogen-bond acceptors (Lipinski definition) is 5. The zero-order valence-electron chi connectivity index (χ0n) is 10.4. The molecule has 0 aromatic carbocycles. The molecule has 6 nitrogen and oxygen atoms in total. The molecule has 1 heterocycles. The van der Waals surface area contributed by atoms with Gasteiger partial charge in [0.15, 0.2) is 0 Å². The largest absolute Gasteiger partial charge is 0.472 e. The van der Waals surface area contributed by atoms with Crippen molar-refractivity contribution in [1.82, 2.24) is 4.98 Å². The summed E-state index contributed by atoms with van der Waals surface area (Å²) in [5, 5.41) is 10.7. The van der Waals surface area contributed by atoms with Crippen LogP contribution in [0.25, 0.3) is 0 Å². The maximum atomic E-state index is 10.6. The van der Waals surface area contributed by atoms with Crippen molar-refractivity contribution >= 4 is 17.3 Å². The minimum Gasteiger partial charge on any atom is -0.472 e. The molecule has 1 aromatic rings. The van der Waals surface area contributed by atoms with Crippen molar-refractivity contribution in [2.75, 3.05) is 0 Å². The van der Waals surface area contributed by atoms with Crippen LogP contribution in [-0.4, -0.2) is 22.1 Å². The normalized spacial score (nSPS) is 23.7. The fraction of sp³-hybridized carbons (Fsp3) is 0.583. The molecule has 19 heavy (non-hydrogen) atoms. The van der Waals surface area contributed by atoms with E-state index in [-0.39, 0.29) is 28.7 Å². The van der Waals surface area contributed by atoms with Crippen molar-refractivity contribution in [2.24, 2.45) is 5.73 Å². The molecule has 1 aliphatic rings. The number of nitro groups is 1. The van der Waals surface area contributed by atoms with E-state index in [1.807, 2.05) is 0 Å². The number of aromatic nitrogens is 1. The summed E-state index contributed by atoms with van der Waals surface area (Å²) in [7, 11) is 0. The van der Waals surface area contributed by atoms with Gasteiger partial charge < -0.3 is 10.5 Å². The van der Waals surface area contributed by atoms with E-state index in [2.05, 4.69) is 4.98 Å². The second-order valence-electron chi connectivity index (χ2n) is 4.70. The van der Waals surface area contributed by atoms with Gasteiger partial charge in [-0.1, -0.05) is 24.4 Å². The van der Waals surface area contributed by atoms with Crippen LogP contribution in [0.15, 0.2) is 12.3 Å². The fourth-order valence-corrected chi connectivity index (χ4v) is 2.40. The molecule has 0 amide bonds. The third-order valence-corrected chi connectivity index (χ3v) is 3.54. The molecule has 0 aliphatic heterocycles. The predicted molar refractivity (Wildman–Crippen MR) is 71.4 cm³/mol. The van der Waals surface area contributed by atoms with Gasteiger partial charge >= 0.3 is 0 Å². The maximum absolute atomic E-state index is 10.6. The fourth-order valence-electron chi connectivity index (χ4n) is 2.19. The Morgan fingerprint density at radius 2 is 2.16 bits per heavy atom. The summed E-state index contributed by atoms with van der Waals surface area (Å²) < 4.78 is 5.72. The molecule has 0 bridgehead atoms. The topological polar surface area (TPSA) is 91.3 Å². The summed E-state index contributed by atoms with van der Waals surface area (Å²) >= 11 is 5.95. The monoisotopic (exact) mass is 285 g/mol. The molecule has 1 fully saturated rings. The van der Waals surface area contributed by atoms with Crippen LogP contribution in [0.5, 0.6) is 5.88 Å². The summed E-state index contributed by atoms with van der Waals surface area (Å²) in [6.07, 6.45) is 6.09. The summed E-state index contributed by atoms with van der Waals surface area (Å²) in [5.74, 6) is 0.217. The molecule has 1 aliphatic carbocycles. The summed E-state index contributed by atoms with van der Waals surface area (Å²) in [6, 6.07) is 1.20. The van der Waals surface area contributed by atoms with Gasteiger partial charge in [-0.25, -0.2) is 4.98 Å². The van der Waals surface area contributed by atoms with Crippen LogP contribution in [0.2, 0.25) is 5.02 Å². The van der Waals surface area contributed by atoms with Gasteiger partial charge in [-0.2, -0.15) is 0 Å². The van der Waals surface area contributed by atoms with Crippen molar-refractivity contribution in [2.45, 2.75) is 44.2 Å². The van der Waals surface area contributed by atoms with Crippen molar-refractivity contribution < 1.29 is 9.66 Å². The van der Waals surface area contributed by atoms with Crippen molar-refractivity contribution in [3.8, 4) is 5.88 Å². The zero-order chi connectivity index (χ0) is 13.8. The van der Waals surface area contributed by atoms with Crippen LogP contribution < -0.4 is 10.5 Å². The molecule has 0 spiro atoms. The number of ether oxygens (including phenoxy) is 1. The molecule has 2 N–H and O–H groups in total. The summed E-state index contributed by atoms with van der Waals surface area (Å²) in [4.78, 5) is 14.0.